The van der Waals surface area contributed by atoms with E-state index in [9.17, 15) is 10.2 Å². The van der Waals surface area contributed by atoms with Crippen LogP contribution in [0.15, 0.2) is 182 Å². The molecule has 0 aromatic heterocycles. The van der Waals surface area contributed by atoms with E-state index in [0.29, 0.717) is 19.3 Å². The van der Waals surface area contributed by atoms with E-state index in [1.54, 1.807) is 0 Å². The maximum absolute atomic E-state index is 12.9. The van der Waals surface area contributed by atoms with E-state index in [0.717, 1.165) is 56.0 Å². The van der Waals surface area contributed by atoms with Gasteiger partial charge in [0.1, 0.15) is 23.0 Å². The van der Waals surface area contributed by atoms with E-state index >= 15 is 0 Å². The Kier molecular flexibility index (Phi) is 16.9. The maximum Gasteiger partial charge on any atom is 0.319 e. The van der Waals surface area contributed by atoms with E-state index in [-0.39, 0.29) is 43.2 Å². The van der Waals surface area contributed by atoms with Crippen molar-refractivity contribution in [3.8, 4) is 23.0 Å². The van der Waals surface area contributed by atoms with Crippen LogP contribution in [-0.2, 0) is 40.9 Å². The smallest absolute Gasteiger partial charge is 0.319 e. The van der Waals surface area contributed by atoms with Crippen molar-refractivity contribution in [2.24, 2.45) is 0 Å². The van der Waals surface area contributed by atoms with Crippen LogP contribution in [0.25, 0.3) is 0 Å². The number of phenols is 2. The molecule has 0 fully saturated rings. The Labute approximate surface area is 490 Å². The molecule has 0 radical (unpaired) electrons. The molecule has 8 rings (SSSR count). The molecule has 4 nitrogen and oxygen atoms in total. The zero-order valence-electron chi connectivity index (χ0n) is 52.2. The molecule has 0 saturated carbocycles. The van der Waals surface area contributed by atoms with Gasteiger partial charge in [0.25, 0.3) is 0 Å². The van der Waals surface area contributed by atoms with Gasteiger partial charge in [-0.3, -0.25) is 0 Å². The van der Waals surface area contributed by atoms with E-state index in [1.165, 1.54) is 31.9 Å². The third-order valence-corrected chi connectivity index (χ3v) is 26.5. The van der Waals surface area contributed by atoms with Gasteiger partial charge < -0.3 is 19.1 Å². The Bertz CT molecular complexity index is 3140. The van der Waals surface area contributed by atoms with Crippen molar-refractivity contribution < 1.29 is 19.1 Å². The molecule has 424 valence electrons. The first-order chi connectivity index (χ1) is 37.7. The third kappa shape index (κ3) is 12.7. The predicted molar refractivity (Wildman–Crippen MR) is 349 cm³/mol. The highest BCUT2D eigenvalue weighted by atomic mass is 28.4. The summed E-state index contributed by atoms with van der Waals surface area (Å²) >= 11 is 0. The van der Waals surface area contributed by atoms with Crippen LogP contribution in [0.1, 0.15) is 180 Å². The second-order valence-electron chi connectivity index (χ2n) is 29.0. The van der Waals surface area contributed by atoms with Crippen LogP contribution in [0.2, 0.25) is 10.1 Å². The van der Waals surface area contributed by atoms with Crippen molar-refractivity contribution in [1.29, 1.82) is 0 Å². The molecule has 0 saturated heterocycles. The first kappa shape index (κ1) is 60.5. The Morgan fingerprint density at radius 2 is 0.506 bits per heavy atom. The second-order valence-corrected chi connectivity index (χ2v) is 37.4. The number of hydrogen-bond acceptors (Lipinski definition) is 4. The summed E-state index contributed by atoms with van der Waals surface area (Å²) in [5.74, 6) is 2.13. The van der Waals surface area contributed by atoms with E-state index in [4.69, 9.17) is 8.85 Å². The lowest BCUT2D eigenvalue weighted by atomic mass is 9.80. The lowest BCUT2D eigenvalue weighted by Crippen LogP contribution is -2.68. The minimum atomic E-state index is -3.04. The largest absolute Gasteiger partial charge is 0.534 e. The lowest BCUT2D eigenvalue weighted by Gasteiger charge is -2.43. The molecule has 0 spiro atoms. The van der Waals surface area contributed by atoms with Gasteiger partial charge >= 0.3 is 16.6 Å². The number of rotatable bonds is 14. The summed E-state index contributed by atoms with van der Waals surface area (Å²) in [6.45, 7) is 40.8. The van der Waals surface area contributed by atoms with Crippen molar-refractivity contribution in [2.75, 3.05) is 0 Å². The topological polar surface area (TPSA) is 58.9 Å². The molecule has 8 aromatic rings. The van der Waals surface area contributed by atoms with Gasteiger partial charge in [-0.25, -0.2) is 0 Å². The highest BCUT2D eigenvalue weighted by Gasteiger charge is 2.54. The summed E-state index contributed by atoms with van der Waals surface area (Å²) in [7, 11) is -6.09. The first-order valence-corrected chi connectivity index (χ1v) is 33.1. The molecule has 0 aliphatic carbocycles. The summed E-state index contributed by atoms with van der Waals surface area (Å²) in [6.07, 6.45) is 1.21. The van der Waals surface area contributed by atoms with Gasteiger partial charge in [-0.2, -0.15) is 0 Å². The van der Waals surface area contributed by atoms with Crippen LogP contribution in [-0.4, -0.2) is 26.8 Å². The fourth-order valence-corrected chi connectivity index (χ4v) is 20.7. The summed E-state index contributed by atoms with van der Waals surface area (Å²) in [5.41, 5.74) is 9.09. The monoisotopic (exact) mass is 1110 g/mol. The average Bonchev–Trinajstić information content (AvgIpc) is 3.54. The van der Waals surface area contributed by atoms with E-state index < -0.39 is 16.6 Å². The Hall–Kier alpha value is -6.61. The van der Waals surface area contributed by atoms with Crippen molar-refractivity contribution in [1.82, 2.24) is 0 Å². The Morgan fingerprint density at radius 3 is 0.728 bits per heavy atom. The first-order valence-electron chi connectivity index (χ1n) is 29.3. The van der Waals surface area contributed by atoms with Crippen molar-refractivity contribution in [3.63, 3.8) is 0 Å². The average molecular weight is 1110 g/mol. The molecule has 0 aliphatic heterocycles. The van der Waals surface area contributed by atoms with Gasteiger partial charge in [0, 0.05) is 19.3 Å². The number of benzene rings is 8. The molecule has 2 N–H and O–H groups in total. The van der Waals surface area contributed by atoms with Crippen molar-refractivity contribution in [3.05, 3.63) is 238 Å². The number of phenolic OH excluding ortho intramolecular Hbond substituents is 2. The van der Waals surface area contributed by atoms with Crippen LogP contribution in [0.3, 0.4) is 0 Å². The van der Waals surface area contributed by atoms with Crippen LogP contribution in [0, 0.1) is 0 Å². The van der Waals surface area contributed by atoms with Crippen LogP contribution < -0.4 is 29.6 Å². The molecular weight excluding hydrogens is 1020 g/mol. The maximum atomic E-state index is 12.9. The zero-order chi connectivity index (χ0) is 59.1. The molecule has 6 heteroatoms. The zero-order valence-corrected chi connectivity index (χ0v) is 54.2. The predicted octanol–water partition coefficient (Wildman–Crippen LogP) is 16.9. The van der Waals surface area contributed by atoms with Crippen LogP contribution in [0.5, 0.6) is 23.0 Å². The van der Waals surface area contributed by atoms with Crippen LogP contribution in [0.4, 0.5) is 0 Å². The fourth-order valence-electron chi connectivity index (χ4n) is 11.7. The molecule has 8 aromatic carbocycles. The van der Waals surface area contributed by atoms with Crippen LogP contribution >= 0.6 is 0 Å². The summed E-state index contributed by atoms with van der Waals surface area (Å²) in [6, 6.07) is 65.4. The molecule has 0 heterocycles. The minimum absolute atomic E-state index is 0.138. The molecule has 0 amide bonds. The van der Waals surface area contributed by atoms with Gasteiger partial charge in [0.05, 0.1) is 0 Å². The van der Waals surface area contributed by atoms with Gasteiger partial charge in [-0.1, -0.05) is 294 Å². The summed E-state index contributed by atoms with van der Waals surface area (Å²) in [5, 5.41) is 30.2. The van der Waals surface area contributed by atoms with Gasteiger partial charge in [-0.15, -0.1) is 0 Å². The summed E-state index contributed by atoms with van der Waals surface area (Å²) in [4.78, 5) is 0. The lowest BCUT2D eigenvalue weighted by molar-refractivity contribution is 0.454. The second kappa shape index (κ2) is 22.6. The molecule has 0 aliphatic rings. The molecular formula is C75H92O4Si2. The number of hydrogen-bond donors (Lipinski definition) is 2. The standard InChI is InChI=1S/C75H92O4Si2/c1-70(2,3)58-39-41-66(78-80(74(13,14)15,62-31-23-19-24-32-62)63-33-25-20-26-34-63)52(46-58)43-54-48-60(72(7,8)9)50-56(68(54)76)45-57-51-61(73(10,11)12)49-55(69(57)77)44-53-47-59(71(4,5)6)40-42-67(53)79-81(75(16,17)18,64-35-27-21-28-36-64)65-37-29-22-30-38-65/h19-42,46-51,76-77H,43-45H2,1-18H3. The summed E-state index contributed by atoms with van der Waals surface area (Å²) < 4.78 is 15.7. The molecule has 0 bridgehead atoms. The highest BCUT2D eigenvalue weighted by molar-refractivity contribution is 7.00. The minimum Gasteiger partial charge on any atom is -0.534 e. The van der Waals surface area contributed by atoms with E-state index in [1.807, 2.05) is 0 Å². The number of aromatic hydroxyl groups is 2. The van der Waals surface area contributed by atoms with Gasteiger partial charge in [0.15, 0.2) is 0 Å². The van der Waals surface area contributed by atoms with Crippen molar-refractivity contribution in [2.45, 2.75) is 176 Å². The quantitative estimate of drug-likeness (QED) is 0.107. The fraction of sp³-hybridized carbons (Fsp3) is 0.360. The highest BCUT2D eigenvalue weighted by Crippen LogP contribution is 2.45. The third-order valence-electron chi connectivity index (χ3n) is 16.6. The molecule has 0 unspecified atom stereocenters. The molecule has 81 heavy (non-hydrogen) atoms. The SMILES string of the molecule is CC(C)(C)c1ccc(O[Si](c2ccccc2)(c2ccccc2)C(C)(C)C)c(Cc2cc(C(C)(C)C)cc(Cc3cc(C(C)(C)C)cc(Cc4cc(C(C)(C)C)ccc4O[Si](c4ccccc4)(c4ccccc4)C(C)(C)C)c3O)c2O)c1. The normalized spacial score (nSPS) is 13.1. The van der Waals surface area contributed by atoms with Gasteiger partial charge in [-0.05, 0) is 120 Å². The van der Waals surface area contributed by atoms with Crippen molar-refractivity contribution >= 4 is 37.4 Å². The Balaban J connectivity index is 1.28. The van der Waals surface area contributed by atoms with Gasteiger partial charge in [0.2, 0.25) is 0 Å². The van der Waals surface area contributed by atoms with E-state index in [2.05, 4.69) is 307 Å². The molecule has 0 atom stereocenters. The Morgan fingerprint density at radius 1 is 0.284 bits per heavy atom.